The van der Waals surface area contributed by atoms with Crippen LogP contribution in [0.15, 0.2) is 17.3 Å². The Kier molecular flexibility index (Phi) is 6.78. The van der Waals surface area contributed by atoms with Gasteiger partial charge in [-0.3, -0.25) is 9.67 Å². The average Bonchev–Trinajstić information content (AvgIpc) is 2.75. The van der Waals surface area contributed by atoms with E-state index >= 15 is 0 Å². The van der Waals surface area contributed by atoms with Gasteiger partial charge in [-0.15, -0.1) is 24.0 Å². The molecule has 2 unspecified atom stereocenters. The van der Waals surface area contributed by atoms with E-state index in [1.807, 2.05) is 31.0 Å². The summed E-state index contributed by atoms with van der Waals surface area (Å²) in [6.07, 6.45) is 3.14. The SMILES string of the molecule is CN=C(NCc1ccnn1C)N1CC(C)CC(C)C1.I. The number of guanidine groups is 1. The molecule has 114 valence electrons. The van der Waals surface area contributed by atoms with Gasteiger partial charge < -0.3 is 10.2 Å². The van der Waals surface area contributed by atoms with Crippen molar-refractivity contribution >= 4 is 29.9 Å². The Morgan fingerprint density at radius 3 is 2.55 bits per heavy atom. The van der Waals surface area contributed by atoms with Crippen LogP contribution in [0.1, 0.15) is 26.0 Å². The van der Waals surface area contributed by atoms with Crippen LogP contribution in [-0.2, 0) is 13.6 Å². The van der Waals surface area contributed by atoms with Crippen LogP contribution in [0.25, 0.3) is 0 Å². The van der Waals surface area contributed by atoms with E-state index in [1.54, 1.807) is 0 Å². The molecule has 5 nitrogen and oxygen atoms in total. The molecule has 2 heterocycles. The summed E-state index contributed by atoms with van der Waals surface area (Å²) >= 11 is 0. The molecule has 1 aromatic rings. The minimum absolute atomic E-state index is 0. The van der Waals surface area contributed by atoms with Gasteiger partial charge in [0.2, 0.25) is 0 Å². The van der Waals surface area contributed by atoms with Crippen LogP contribution >= 0.6 is 24.0 Å². The molecule has 0 aliphatic carbocycles. The number of nitrogens with one attached hydrogen (secondary N) is 1. The number of aryl methyl sites for hydroxylation is 1. The van der Waals surface area contributed by atoms with Crippen molar-refractivity contribution in [2.45, 2.75) is 26.8 Å². The quantitative estimate of drug-likeness (QED) is 0.477. The van der Waals surface area contributed by atoms with Crippen LogP contribution < -0.4 is 5.32 Å². The molecule has 6 heteroatoms. The Balaban J connectivity index is 0.00000200. The molecule has 0 saturated carbocycles. The van der Waals surface area contributed by atoms with Gasteiger partial charge in [0.1, 0.15) is 0 Å². The molecule has 0 spiro atoms. The summed E-state index contributed by atoms with van der Waals surface area (Å²) in [4.78, 5) is 6.78. The van der Waals surface area contributed by atoms with Gasteiger partial charge in [-0.1, -0.05) is 13.8 Å². The number of nitrogens with zero attached hydrogens (tertiary/aromatic N) is 4. The molecule has 0 amide bonds. The highest BCUT2D eigenvalue weighted by Gasteiger charge is 2.23. The van der Waals surface area contributed by atoms with Crippen molar-refractivity contribution in [1.29, 1.82) is 0 Å². The van der Waals surface area contributed by atoms with Crippen LogP contribution in [0.3, 0.4) is 0 Å². The predicted molar refractivity (Wildman–Crippen MR) is 93.3 cm³/mol. The Morgan fingerprint density at radius 2 is 2.05 bits per heavy atom. The lowest BCUT2D eigenvalue weighted by Gasteiger charge is -2.37. The third-order valence-electron chi connectivity index (χ3n) is 3.73. The maximum absolute atomic E-state index is 4.41. The lowest BCUT2D eigenvalue weighted by molar-refractivity contribution is 0.208. The molecule has 2 atom stereocenters. The summed E-state index contributed by atoms with van der Waals surface area (Å²) in [6, 6.07) is 2.03. The lowest BCUT2D eigenvalue weighted by Crippen LogP contribution is -2.48. The second-order valence-corrected chi connectivity index (χ2v) is 5.70. The third kappa shape index (κ3) is 4.36. The summed E-state index contributed by atoms with van der Waals surface area (Å²) in [5.74, 6) is 2.47. The van der Waals surface area contributed by atoms with E-state index < -0.39 is 0 Å². The van der Waals surface area contributed by atoms with E-state index in [2.05, 4.69) is 34.2 Å². The normalized spacial score (nSPS) is 23.4. The number of halogens is 1. The third-order valence-corrected chi connectivity index (χ3v) is 3.73. The first-order valence-corrected chi connectivity index (χ1v) is 7.02. The highest BCUT2D eigenvalue weighted by atomic mass is 127. The summed E-state index contributed by atoms with van der Waals surface area (Å²) in [5.41, 5.74) is 1.17. The predicted octanol–water partition coefficient (Wildman–Crippen LogP) is 2.09. The van der Waals surface area contributed by atoms with E-state index in [4.69, 9.17) is 0 Å². The molecular formula is C14H26IN5. The van der Waals surface area contributed by atoms with Crippen molar-refractivity contribution in [3.63, 3.8) is 0 Å². The van der Waals surface area contributed by atoms with Gasteiger partial charge in [-0.25, -0.2) is 0 Å². The first-order valence-electron chi connectivity index (χ1n) is 7.02. The van der Waals surface area contributed by atoms with E-state index in [9.17, 15) is 0 Å². The molecule has 1 aromatic heterocycles. The van der Waals surface area contributed by atoms with Crippen molar-refractivity contribution in [1.82, 2.24) is 20.0 Å². The number of rotatable bonds is 2. The fraction of sp³-hybridized carbons (Fsp3) is 0.714. The van der Waals surface area contributed by atoms with Gasteiger partial charge in [0.15, 0.2) is 5.96 Å². The Labute approximate surface area is 138 Å². The van der Waals surface area contributed by atoms with E-state index in [0.29, 0.717) is 0 Å². The zero-order valence-electron chi connectivity index (χ0n) is 12.8. The largest absolute Gasteiger partial charge is 0.351 e. The lowest BCUT2D eigenvalue weighted by atomic mass is 9.92. The minimum atomic E-state index is 0. The molecule has 1 aliphatic heterocycles. The number of hydrogen-bond donors (Lipinski definition) is 1. The number of aromatic nitrogens is 2. The van der Waals surface area contributed by atoms with Gasteiger partial charge in [-0.05, 0) is 24.3 Å². The maximum Gasteiger partial charge on any atom is 0.193 e. The molecule has 1 aliphatic rings. The average molecular weight is 391 g/mol. The van der Waals surface area contributed by atoms with E-state index in [-0.39, 0.29) is 24.0 Å². The van der Waals surface area contributed by atoms with Crippen LogP contribution in [0.2, 0.25) is 0 Å². The number of piperidine rings is 1. The molecule has 0 aromatic carbocycles. The molecule has 1 fully saturated rings. The highest BCUT2D eigenvalue weighted by molar-refractivity contribution is 14.0. The first-order chi connectivity index (χ1) is 9.10. The Hall–Kier alpha value is -0.790. The van der Waals surface area contributed by atoms with Gasteiger partial charge in [-0.2, -0.15) is 5.10 Å². The van der Waals surface area contributed by atoms with Gasteiger partial charge in [0.05, 0.1) is 12.2 Å². The standard InChI is InChI=1S/C14H25N5.HI/c1-11-7-12(2)10-19(9-11)14(15-3)16-8-13-5-6-17-18(13)4;/h5-6,11-12H,7-10H2,1-4H3,(H,15,16);1H. The maximum atomic E-state index is 4.41. The number of aliphatic imine (C=N–C) groups is 1. The number of hydrogen-bond acceptors (Lipinski definition) is 2. The van der Waals surface area contributed by atoms with Crippen molar-refractivity contribution in [3.05, 3.63) is 18.0 Å². The fourth-order valence-electron chi connectivity index (χ4n) is 2.91. The molecule has 0 bridgehead atoms. The molecular weight excluding hydrogens is 365 g/mol. The topological polar surface area (TPSA) is 45.5 Å². The second kappa shape index (κ2) is 7.85. The highest BCUT2D eigenvalue weighted by Crippen LogP contribution is 2.20. The van der Waals surface area contributed by atoms with Crippen LogP contribution in [0, 0.1) is 11.8 Å². The van der Waals surface area contributed by atoms with Crippen molar-refractivity contribution < 1.29 is 0 Å². The monoisotopic (exact) mass is 391 g/mol. The van der Waals surface area contributed by atoms with E-state index in [1.165, 1.54) is 12.1 Å². The van der Waals surface area contributed by atoms with Crippen LogP contribution in [0.5, 0.6) is 0 Å². The van der Waals surface area contributed by atoms with Crippen molar-refractivity contribution in [2.24, 2.45) is 23.9 Å². The number of likely N-dealkylation sites (tertiary alicyclic amines) is 1. The van der Waals surface area contributed by atoms with Crippen LogP contribution in [-0.4, -0.2) is 40.8 Å². The molecule has 2 rings (SSSR count). The zero-order valence-corrected chi connectivity index (χ0v) is 15.2. The summed E-state index contributed by atoms with van der Waals surface area (Å²) in [6.45, 7) is 7.58. The van der Waals surface area contributed by atoms with Gasteiger partial charge in [0, 0.05) is 33.4 Å². The van der Waals surface area contributed by atoms with Gasteiger partial charge in [0.25, 0.3) is 0 Å². The van der Waals surface area contributed by atoms with Gasteiger partial charge >= 0.3 is 0 Å². The van der Waals surface area contributed by atoms with Crippen LogP contribution in [0.4, 0.5) is 0 Å². The Bertz CT molecular complexity index is 433. The minimum Gasteiger partial charge on any atom is -0.351 e. The molecule has 1 N–H and O–H groups in total. The van der Waals surface area contributed by atoms with Crippen molar-refractivity contribution in [3.8, 4) is 0 Å². The summed E-state index contributed by atoms with van der Waals surface area (Å²) in [7, 11) is 3.82. The molecule has 0 radical (unpaired) electrons. The van der Waals surface area contributed by atoms with Crippen molar-refractivity contribution in [2.75, 3.05) is 20.1 Å². The first kappa shape index (κ1) is 17.3. The Morgan fingerprint density at radius 1 is 1.40 bits per heavy atom. The summed E-state index contributed by atoms with van der Waals surface area (Å²) < 4.78 is 1.89. The smallest absolute Gasteiger partial charge is 0.193 e. The summed E-state index contributed by atoms with van der Waals surface area (Å²) in [5, 5.41) is 7.62. The second-order valence-electron chi connectivity index (χ2n) is 5.70. The molecule has 1 saturated heterocycles. The molecule has 20 heavy (non-hydrogen) atoms. The zero-order chi connectivity index (χ0) is 13.8. The fourth-order valence-corrected chi connectivity index (χ4v) is 2.91. The van der Waals surface area contributed by atoms with E-state index in [0.717, 1.165) is 37.4 Å².